The van der Waals surface area contributed by atoms with Gasteiger partial charge in [0.2, 0.25) is 0 Å². The monoisotopic (exact) mass is 191 g/mol. The molecule has 0 aliphatic carbocycles. The van der Waals surface area contributed by atoms with E-state index >= 15 is 0 Å². The molecule has 0 aliphatic rings. The van der Waals surface area contributed by atoms with Gasteiger partial charge >= 0.3 is 0 Å². The summed E-state index contributed by atoms with van der Waals surface area (Å²) in [5, 5.41) is 0.156. The van der Waals surface area contributed by atoms with Gasteiger partial charge in [0.15, 0.2) is 11.6 Å². The lowest BCUT2D eigenvalue weighted by atomic mass is 10.1. The highest BCUT2D eigenvalue weighted by molar-refractivity contribution is 6.31. The van der Waals surface area contributed by atoms with Crippen molar-refractivity contribution in [1.82, 2.24) is 0 Å². The van der Waals surface area contributed by atoms with Crippen LogP contribution < -0.4 is 5.73 Å². The van der Waals surface area contributed by atoms with Gasteiger partial charge in [0.1, 0.15) is 0 Å². The predicted octanol–water partition coefficient (Wildman–Crippen LogP) is 2.64. The van der Waals surface area contributed by atoms with Crippen molar-refractivity contribution in [3.8, 4) is 0 Å². The summed E-state index contributed by atoms with van der Waals surface area (Å²) < 4.78 is 25.2. The van der Waals surface area contributed by atoms with E-state index in [-0.39, 0.29) is 5.02 Å². The lowest BCUT2D eigenvalue weighted by Gasteiger charge is -2.07. The fourth-order valence-electron chi connectivity index (χ4n) is 0.887. The van der Waals surface area contributed by atoms with Crippen LogP contribution in [0.2, 0.25) is 5.02 Å². The Morgan fingerprint density at radius 3 is 2.33 bits per heavy atom. The summed E-state index contributed by atoms with van der Waals surface area (Å²) in [4.78, 5) is 0. The molecule has 0 fully saturated rings. The highest BCUT2D eigenvalue weighted by Gasteiger charge is 2.10. The molecule has 0 amide bonds. The van der Waals surface area contributed by atoms with E-state index in [1.54, 1.807) is 6.92 Å². The molecule has 0 aliphatic heterocycles. The largest absolute Gasteiger partial charge is 0.324 e. The van der Waals surface area contributed by atoms with Crippen LogP contribution in [-0.2, 0) is 0 Å². The normalized spacial score (nSPS) is 13.1. The van der Waals surface area contributed by atoms with Gasteiger partial charge in [-0.1, -0.05) is 11.6 Å². The lowest BCUT2D eigenvalue weighted by Crippen LogP contribution is -2.06. The molecule has 0 heterocycles. The van der Waals surface area contributed by atoms with E-state index in [4.69, 9.17) is 17.3 Å². The van der Waals surface area contributed by atoms with E-state index in [0.717, 1.165) is 12.1 Å². The van der Waals surface area contributed by atoms with Gasteiger partial charge in [0.25, 0.3) is 0 Å². The minimum atomic E-state index is -0.954. The summed E-state index contributed by atoms with van der Waals surface area (Å²) in [6.07, 6.45) is 0. The van der Waals surface area contributed by atoms with E-state index in [1.807, 2.05) is 0 Å². The standard InChI is InChI=1S/C8H8ClF2N/c1-4(12)5-2-7(10)8(11)3-6(5)9/h2-4H,12H2,1H3/t4-/m1/s1. The Bertz CT molecular complexity index is 299. The maximum Gasteiger partial charge on any atom is 0.160 e. The van der Waals surface area contributed by atoms with E-state index in [2.05, 4.69) is 0 Å². The summed E-state index contributed by atoms with van der Waals surface area (Å²) in [6, 6.07) is 1.55. The van der Waals surface area contributed by atoms with Crippen LogP contribution in [0.4, 0.5) is 8.78 Å². The molecule has 12 heavy (non-hydrogen) atoms. The van der Waals surface area contributed by atoms with Crippen molar-refractivity contribution < 1.29 is 8.78 Å². The van der Waals surface area contributed by atoms with E-state index < -0.39 is 17.7 Å². The van der Waals surface area contributed by atoms with Crippen molar-refractivity contribution in [2.45, 2.75) is 13.0 Å². The first-order valence-electron chi connectivity index (χ1n) is 3.42. The van der Waals surface area contributed by atoms with E-state index in [0.29, 0.717) is 5.56 Å². The fraction of sp³-hybridized carbons (Fsp3) is 0.250. The van der Waals surface area contributed by atoms with Crippen LogP contribution in [0, 0.1) is 11.6 Å². The molecule has 0 saturated carbocycles. The van der Waals surface area contributed by atoms with Gasteiger partial charge in [-0.05, 0) is 24.6 Å². The molecular weight excluding hydrogens is 184 g/mol. The number of benzene rings is 1. The molecule has 1 aromatic carbocycles. The van der Waals surface area contributed by atoms with Crippen molar-refractivity contribution in [3.63, 3.8) is 0 Å². The number of hydrogen-bond donors (Lipinski definition) is 1. The van der Waals surface area contributed by atoms with Crippen LogP contribution in [0.5, 0.6) is 0 Å². The highest BCUT2D eigenvalue weighted by atomic mass is 35.5. The molecule has 1 atom stereocenters. The van der Waals surface area contributed by atoms with Crippen LogP contribution in [0.1, 0.15) is 18.5 Å². The Balaban J connectivity index is 3.23. The summed E-state index contributed by atoms with van der Waals surface area (Å²) in [6.45, 7) is 1.65. The highest BCUT2D eigenvalue weighted by Crippen LogP contribution is 2.23. The third-order valence-corrected chi connectivity index (χ3v) is 1.86. The molecule has 66 valence electrons. The first kappa shape index (κ1) is 9.42. The topological polar surface area (TPSA) is 26.0 Å². The minimum absolute atomic E-state index is 0.156. The quantitative estimate of drug-likeness (QED) is 0.679. The Hall–Kier alpha value is -0.670. The van der Waals surface area contributed by atoms with Gasteiger partial charge < -0.3 is 5.73 Å². The zero-order valence-corrected chi connectivity index (χ0v) is 7.20. The van der Waals surface area contributed by atoms with Gasteiger partial charge in [-0.15, -0.1) is 0 Å². The number of hydrogen-bond acceptors (Lipinski definition) is 1. The molecule has 1 rings (SSSR count). The smallest absolute Gasteiger partial charge is 0.160 e. The second-order valence-electron chi connectivity index (χ2n) is 2.58. The SMILES string of the molecule is C[C@@H](N)c1cc(F)c(F)cc1Cl. The van der Waals surface area contributed by atoms with Crippen LogP contribution in [0.25, 0.3) is 0 Å². The zero-order valence-electron chi connectivity index (χ0n) is 6.44. The summed E-state index contributed by atoms with van der Waals surface area (Å²) in [5.41, 5.74) is 5.87. The van der Waals surface area contributed by atoms with Crippen molar-refractivity contribution in [1.29, 1.82) is 0 Å². The molecule has 4 heteroatoms. The van der Waals surface area contributed by atoms with Gasteiger partial charge in [-0.3, -0.25) is 0 Å². The van der Waals surface area contributed by atoms with Crippen molar-refractivity contribution in [2.75, 3.05) is 0 Å². The number of nitrogens with two attached hydrogens (primary N) is 1. The maximum atomic E-state index is 12.6. The average Bonchev–Trinajstić information content (AvgIpc) is 1.96. The molecule has 0 aromatic heterocycles. The number of rotatable bonds is 1. The first-order chi connectivity index (χ1) is 5.52. The fourth-order valence-corrected chi connectivity index (χ4v) is 1.21. The molecule has 1 nitrogen and oxygen atoms in total. The molecule has 0 radical (unpaired) electrons. The third-order valence-electron chi connectivity index (χ3n) is 1.53. The van der Waals surface area contributed by atoms with Gasteiger partial charge in [-0.2, -0.15) is 0 Å². The first-order valence-corrected chi connectivity index (χ1v) is 3.80. The maximum absolute atomic E-state index is 12.6. The van der Waals surface area contributed by atoms with Crippen molar-refractivity contribution in [3.05, 3.63) is 34.4 Å². The Kier molecular flexibility index (Phi) is 2.65. The van der Waals surface area contributed by atoms with Gasteiger partial charge in [0, 0.05) is 11.1 Å². The average molecular weight is 192 g/mol. The molecule has 0 saturated heterocycles. The van der Waals surface area contributed by atoms with Crippen molar-refractivity contribution >= 4 is 11.6 Å². The Morgan fingerprint density at radius 2 is 1.83 bits per heavy atom. The second-order valence-corrected chi connectivity index (χ2v) is 2.98. The Morgan fingerprint density at radius 1 is 1.33 bits per heavy atom. The molecular formula is C8H8ClF2N. The summed E-state index contributed by atoms with van der Waals surface area (Å²) in [7, 11) is 0. The van der Waals surface area contributed by atoms with Crippen LogP contribution in [-0.4, -0.2) is 0 Å². The third kappa shape index (κ3) is 1.73. The summed E-state index contributed by atoms with van der Waals surface area (Å²) in [5.74, 6) is -1.88. The molecule has 0 unspecified atom stereocenters. The summed E-state index contributed by atoms with van der Waals surface area (Å²) >= 11 is 5.61. The van der Waals surface area contributed by atoms with Gasteiger partial charge in [0.05, 0.1) is 0 Å². The zero-order chi connectivity index (χ0) is 9.30. The van der Waals surface area contributed by atoms with Crippen LogP contribution in [0.3, 0.4) is 0 Å². The lowest BCUT2D eigenvalue weighted by molar-refractivity contribution is 0.506. The van der Waals surface area contributed by atoms with E-state index in [9.17, 15) is 8.78 Å². The molecule has 0 bridgehead atoms. The molecule has 0 spiro atoms. The molecule has 1 aromatic rings. The van der Waals surface area contributed by atoms with E-state index in [1.165, 1.54) is 0 Å². The Labute approximate surface area is 74.1 Å². The minimum Gasteiger partial charge on any atom is -0.324 e. The van der Waals surface area contributed by atoms with Gasteiger partial charge in [-0.25, -0.2) is 8.78 Å². The molecule has 2 N–H and O–H groups in total. The van der Waals surface area contributed by atoms with Crippen molar-refractivity contribution in [2.24, 2.45) is 5.73 Å². The van der Waals surface area contributed by atoms with Crippen LogP contribution >= 0.6 is 11.6 Å². The predicted molar refractivity (Wildman–Crippen MR) is 44.0 cm³/mol. The van der Waals surface area contributed by atoms with Crippen LogP contribution in [0.15, 0.2) is 12.1 Å². The number of halogens is 3. The second kappa shape index (κ2) is 3.37.